The summed E-state index contributed by atoms with van der Waals surface area (Å²) < 4.78 is 0. The summed E-state index contributed by atoms with van der Waals surface area (Å²) in [4.78, 5) is 4.59. The highest BCUT2D eigenvalue weighted by molar-refractivity contribution is 5.57. The molecule has 0 bridgehead atoms. The Bertz CT molecular complexity index is 737. The minimum atomic E-state index is 0.879. The summed E-state index contributed by atoms with van der Waals surface area (Å²) in [5.74, 6) is 0. The van der Waals surface area contributed by atoms with Crippen LogP contribution >= 0.6 is 0 Å². The molecule has 0 saturated heterocycles. The van der Waals surface area contributed by atoms with Crippen LogP contribution in [0.4, 0.5) is 0 Å². The van der Waals surface area contributed by atoms with Crippen molar-refractivity contribution in [2.24, 2.45) is 0 Å². The molecule has 1 aromatic rings. The SMILES string of the molecule is C=C\C=C/C(/C=C/c1cccc(/C=C/C(C=C)=C/C=C)n1)=C\C=C. The number of nitrogens with zero attached hydrogens (tertiary/aromatic N) is 1. The van der Waals surface area contributed by atoms with Crippen LogP contribution in [-0.2, 0) is 0 Å². The molecule has 120 valence electrons. The van der Waals surface area contributed by atoms with Gasteiger partial charge in [-0.15, -0.1) is 0 Å². The molecule has 0 aliphatic carbocycles. The van der Waals surface area contributed by atoms with E-state index in [2.05, 4.69) is 31.3 Å². The molecule has 0 N–H and O–H groups in total. The van der Waals surface area contributed by atoms with Crippen molar-refractivity contribution in [1.29, 1.82) is 0 Å². The van der Waals surface area contributed by atoms with Crippen LogP contribution in [0.3, 0.4) is 0 Å². The van der Waals surface area contributed by atoms with Gasteiger partial charge in [-0.2, -0.15) is 0 Å². The number of aromatic nitrogens is 1. The summed E-state index contributed by atoms with van der Waals surface area (Å²) in [5.41, 5.74) is 3.77. The maximum Gasteiger partial charge on any atom is 0.0637 e. The first kappa shape index (κ1) is 18.9. The largest absolute Gasteiger partial charge is 0.249 e. The number of rotatable bonds is 9. The first-order valence-corrected chi connectivity index (χ1v) is 7.63. The molecule has 1 heteroatoms. The fraction of sp³-hybridized carbons (Fsp3) is 0. The van der Waals surface area contributed by atoms with E-state index in [0.29, 0.717) is 0 Å². The fourth-order valence-electron chi connectivity index (χ4n) is 1.83. The lowest BCUT2D eigenvalue weighted by atomic mass is 10.1. The Morgan fingerprint density at radius 3 is 1.88 bits per heavy atom. The molecule has 1 rings (SSSR count). The van der Waals surface area contributed by atoms with Crippen molar-refractivity contribution in [2.75, 3.05) is 0 Å². The lowest BCUT2D eigenvalue weighted by Gasteiger charge is -1.98. The van der Waals surface area contributed by atoms with Crippen molar-refractivity contribution in [3.63, 3.8) is 0 Å². The Morgan fingerprint density at radius 1 is 0.750 bits per heavy atom. The molecule has 1 nitrogen and oxygen atoms in total. The van der Waals surface area contributed by atoms with Crippen molar-refractivity contribution in [3.05, 3.63) is 128 Å². The fourth-order valence-corrected chi connectivity index (χ4v) is 1.83. The second kappa shape index (κ2) is 11.4. The monoisotopic (exact) mass is 313 g/mol. The van der Waals surface area contributed by atoms with E-state index >= 15 is 0 Å². The van der Waals surface area contributed by atoms with Crippen molar-refractivity contribution in [3.8, 4) is 0 Å². The van der Waals surface area contributed by atoms with Gasteiger partial charge in [-0.05, 0) is 35.4 Å². The molecule has 0 unspecified atom stereocenters. The van der Waals surface area contributed by atoms with Crippen molar-refractivity contribution >= 4 is 12.2 Å². The van der Waals surface area contributed by atoms with E-state index in [4.69, 9.17) is 0 Å². The summed E-state index contributed by atoms with van der Waals surface area (Å²) >= 11 is 0. The van der Waals surface area contributed by atoms with Crippen LogP contribution in [0, 0.1) is 0 Å². The minimum absolute atomic E-state index is 0.879. The molecule has 0 fully saturated rings. The van der Waals surface area contributed by atoms with Gasteiger partial charge in [0, 0.05) is 0 Å². The molecule has 24 heavy (non-hydrogen) atoms. The quantitative estimate of drug-likeness (QED) is 0.490. The van der Waals surface area contributed by atoms with E-state index in [1.165, 1.54) is 0 Å². The Hall–Kier alpha value is -3.19. The van der Waals surface area contributed by atoms with Crippen LogP contribution in [0.1, 0.15) is 11.4 Å². The second-order valence-electron chi connectivity index (χ2n) is 4.76. The minimum Gasteiger partial charge on any atom is -0.249 e. The van der Waals surface area contributed by atoms with E-state index in [-0.39, 0.29) is 0 Å². The molecule has 0 aliphatic heterocycles. The smallest absolute Gasteiger partial charge is 0.0637 e. The van der Waals surface area contributed by atoms with Gasteiger partial charge in [-0.25, -0.2) is 4.98 Å². The summed E-state index contributed by atoms with van der Waals surface area (Å²) in [7, 11) is 0. The summed E-state index contributed by atoms with van der Waals surface area (Å²) in [6.07, 6.45) is 22.5. The maximum atomic E-state index is 4.59. The third-order valence-electron chi connectivity index (χ3n) is 2.97. The molecule has 0 spiro atoms. The van der Waals surface area contributed by atoms with Crippen LogP contribution in [-0.4, -0.2) is 4.98 Å². The highest BCUT2D eigenvalue weighted by atomic mass is 14.7. The standard InChI is InChI=1S/C23H23N/c1-5-9-13-21(12-7-3)17-19-23-15-10-14-22(24-23)18-16-20(8-4)11-6-2/h5-19H,1-4H2/b13-9-,18-16+,19-17+,20-11+,21-12+. The van der Waals surface area contributed by atoms with E-state index in [1.54, 1.807) is 24.3 Å². The van der Waals surface area contributed by atoms with E-state index < -0.39 is 0 Å². The average Bonchev–Trinajstić information content (AvgIpc) is 2.61. The summed E-state index contributed by atoms with van der Waals surface area (Å²) in [5, 5.41) is 0. The molecular formula is C23H23N. The number of hydrogen-bond donors (Lipinski definition) is 0. The highest BCUT2D eigenvalue weighted by Gasteiger charge is 1.93. The number of allylic oxidation sites excluding steroid dienone is 12. The first-order valence-electron chi connectivity index (χ1n) is 7.63. The second-order valence-corrected chi connectivity index (χ2v) is 4.76. The zero-order valence-corrected chi connectivity index (χ0v) is 13.9. The van der Waals surface area contributed by atoms with Crippen molar-refractivity contribution < 1.29 is 0 Å². The van der Waals surface area contributed by atoms with Crippen LogP contribution in [0.25, 0.3) is 12.2 Å². The van der Waals surface area contributed by atoms with Gasteiger partial charge in [0.05, 0.1) is 11.4 Å². The lowest BCUT2D eigenvalue weighted by molar-refractivity contribution is 1.26. The highest BCUT2D eigenvalue weighted by Crippen LogP contribution is 2.09. The maximum absolute atomic E-state index is 4.59. The summed E-state index contributed by atoms with van der Waals surface area (Å²) in [6.45, 7) is 14.9. The lowest BCUT2D eigenvalue weighted by Crippen LogP contribution is -1.85. The molecule has 0 radical (unpaired) electrons. The third kappa shape index (κ3) is 7.19. The van der Waals surface area contributed by atoms with Crippen molar-refractivity contribution in [2.45, 2.75) is 0 Å². The van der Waals surface area contributed by atoms with Gasteiger partial charge in [0.1, 0.15) is 0 Å². The zero-order valence-electron chi connectivity index (χ0n) is 13.9. The van der Waals surface area contributed by atoms with Gasteiger partial charge in [0.15, 0.2) is 0 Å². The van der Waals surface area contributed by atoms with Gasteiger partial charge in [0.25, 0.3) is 0 Å². The molecule has 0 aromatic carbocycles. The van der Waals surface area contributed by atoms with Gasteiger partial charge < -0.3 is 0 Å². The Kier molecular flexibility index (Phi) is 8.95. The molecule has 1 aromatic heterocycles. The Balaban J connectivity index is 2.97. The third-order valence-corrected chi connectivity index (χ3v) is 2.97. The van der Waals surface area contributed by atoms with Gasteiger partial charge >= 0.3 is 0 Å². The van der Waals surface area contributed by atoms with Crippen LogP contribution < -0.4 is 0 Å². The first-order chi connectivity index (χ1) is 11.7. The zero-order chi connectivity index (χ0) is 17.6. The van der Waals surface area contributed by atoms with E-state index in [1.807, 2.05) is 66.8 Å². The number of pyridine rings is 1. The van der Waals surface area contributed by atoms with E-state index in [0.717, 1.165) is 22.5 Å². The molecule has 0 aliphatic rings. The Morgan fingerprint density at radius 2 is 1.33 bits per heavy atom. The number of hydrogen-bond acceptors (Lipinski definition) is 1. The van der Waals surface area contributed by atoms with E-state index in [9.17, 15) is 0 Å². The van der Waals surface area contributed by atoms with Crippen molar-refractivity contribution in [1.82, 2.24) is 4.98 Å². The van der Waals surface area contributed by atoms with Crippen LogP contribution in [0.15, 0.2) is 116 Å². The van der Waals surface area contributed by atoms with Gasteiger partial charge in [-0.3, -0.25) is 0 Å². The predicted octanol–water partition coefficient (Wildman–Crippen LogP) is 6.26. The van der Waals surface area contributed by atoms with Gasteiger partial charge in [0.2, 0.25) is 0 Å². The molecular weight excluding hydrogens is 290 g/mol. The summed E-state index contributed by atoms with van der Waals surface area (Å²) in [6, 6.07) is 5.90. The topological polar surface area (TPSA) is 12.9 Å². The molecule has 0 saturated carbocycles. The van der Waals surface area contributed by atoms with Gasteiger partial charge in [-0.1, -0.05) is 93.1 Å². The Labute approximate surface area is 145 Å². The predicted molar refractivity (Wildman–Crippen MR) is 108 cm³/mol. The van der Waals surface area contributed by atoms with Crippen LogP contribution in [0.2, 0.25) is 0 Å². The molecule has 1 heterocycles. The molecule has 0 amide bonds. The average molecular weight is 313 g/mol. The normalized spacial score (nSPS) is 12.8. The van der Waals surface area contributed by atoms with Crippen LogP contribution in [0.5, 0.6) is 0 Å². The molecule has 0 atom stereocenters.